The van der Waals surface area contributed by atoms with Crippen molar-refractivity contribution in [3.63, 3.8) is 0 Å². The summed E-state index contributed by atoms with van der Waals surface area (Å²) in [4.78, 5) is 0. The third-order valence-electron chi connectivity index (χ3n) is 3.09. The molecule has 22 heavy (non-hydrogen) atoms. The zero-order chi connectivity index (χ0) is 15.4. The molecule has 0 aliphatic rings. The first-order valence-electron chi connectivity index (χ1n) is 6.62. The monoisotopic (exact) mass is 332 g/mol. The van der Waals surface area contributed by atoms with Crippen LogP contribution >= 0.6 is 23.4 Å². The van der Waals surface area contributed by atoms with Gasteiger partial charge in [0.25, 0.3) is 0 Å². The average Bonchev–Trinajstić information content (AvgIpc) is 3.02. The van der Waals surface area contributed by atoms with E-state index in [1.807, 2.05) is 36.4 Å². The minimum absolute atomic E-state index is 0.0578. The van der Waals surface area contributed by atoms with E-state index in [0.29, 0.717) is 10.2 Å². The molecule has 112 valence electrons. The lowest BCUT2D eigenvalue weighted by Crippen LogP contribution is -1.98. The minimum Gasteiger partial charge on any atom is -0.392 e. The van der Waals surface area contributed by atoms with Crippen LogP contribution in [0.4, 0.5) is 0 Å². The third-order valence-corrected chi connectivity index (χ3v) is 4.33. The molecular formula is C15H13ClN4OS. The lowest BCUT2D eigenvalue weighted by atomic mass is 10.2. The first-order chi connectivity index (χ1) is 10.8. The maximum absolute atomic E-state index is 9.05. The summed E-state index contributed by atoms with van der Waals surface area (Å²) in [5.74, 6) is 0.750. The number of aliphatic hydroxyl groups is 1. The number of hydrogen-bond acceptors (Lipinski definition) is 5. The number of thioether (sulfide) groups is 1. The van der Waals surface area contributed by atoms with Gasteiger partial charge in [-0.05, 0) is 45.8 Å². The summed E-state index contributed by atoms with van der Waals surface area (Å²) >= 11 is 7.45. The second-order valence-corrected chi connectivity index (χ2v) is 5.99. The van der Waals surface area contributed by atoms with Crippen molar-refractivity contribution in [2.75, 3.05) is 0 Å². The predicted molar refractivity (Wildman–Crippen MR) is 86.1 cm³/mol. The van der Waals surface area contributed by atoms with Gasteiger partial charge in [-0.25, -0.2) is 0 Å². The SMILES string of the molecule is OCc1ccc(CSc2nnnn2-c2ccc(Cl)cc2)cc1. The number of benzene rings is 2. The van der Waals surface area contributed by atoms with E-state index in [9.17, 15) is 0 Å². The summed E-state index contributed by atoms with van der Waals surface area (Å²) in [6.45, 7) is 0.0578. The topological polar surface area (TPSA) is 63.8 Å². The first kappa shape index (κ1) is 15.0. The molecule has 7 heteroatoms. The highest BCUT2D eigenvalue weighted by Crippen LogP contribution is 2.23. The van der Waals surface area contributed by atoms with Crippen molar-refractivity contribution in [2.45, 2.75) is 17.5 Å². The first-order valence-corrected chi connectivity index (χ1v) is 7.98. The molecule has 0 unspecified atom stereocenters. The summed E-state index contributed by atoms with van der Waals surface area (Å²) in [6, 6.07) is 15.2. The Hall–Kier alpha value is -1.89. The summed E-state index contributed by atoms with van der Waals surface area (Å²) in [7, 11) is 0. The number of aliphatic hydroxyl groups excluding tert-OH is 1. The van der Waals surface area contributed by atoms with E-state index in [1.54, 1.807) is 28.6 Å². The standard InChI is InChI=1S/C15H13ClN4OS/c16-13-5-7-14(8-6-13)20-15(17-18-19-20)22-10-12-3-1-11(9-21)2-4-12/h1-8,21H,9-10H2. The Kier molecular flexibility index (Phi) is 4.72. The molecule has 0 spiro atoms. The molecule has 0 saturated heterocycles. The number of aromatic nitrogens is 4. The van der Waals surface area contributed by atoms with Gasteiger partial charge < -0.3 is 5.11 Å². The van der Waals surface area contributed by atoms with Crippen LogP contribution in [0.15, 0.2) is 53.7 Å². The molecule has 1 heterocycles. The van der Waals surface area contributed by atoms with Gasteiger partial charge in [0.2, 0.25) is 5.16 Å². The summed E-state index contributed by atoms with van der Waals surface area (Å²) in [5, 5.41) is 22.2. The summed E-state index contributed by atoms with van der Waals surface area (Å²) < 4.78 is 1.68. The van der Waals surface area contributed by atoms with Crippen molar-refractivity contribution in [1.82, 2.24) is 20.2 Å². The van der Waals surface area contributed by atoms with Gasteiger partial charge in [-0.1, -0.05) is 47.6 Å². The normalized spacial score (nSPS) is 10.8. The van der Waals surface area contributed by atoms with E-state index in [0.717, 1.165) is 22.6 Å². The van der Waals surface area contributed by atoms with Gasteiger partial charge in [0, 0.05) is 10.8 Å². The van der Waals surface area contributed by atoms with Crippen molar-refractivity contribution < 1.29 is 5.11 Å². The van der Waals surface area contributed by atoms with Crippen LogP contribution < -0.4 is 0 Å². The largest absolute Gasteiger partial charge is 0.392 e. The molecule has 0 amide bonds. The zero-order valence-corrected chi connectivity index (χ0v) is 13.1. The fourth-order valence-electron chi connectivity index (χ4n) is 1.90. The van der Waals surface area contributed by atoms with Crippen molar-refractivity contribution in [3.8, 4) is 5.69 Å². The van der Waals surface area contributed by atoms with Crippen molar-refractivity contribution >= 4 is 23.4 Å². The molecule has 2 aromatic carbocycles. The molecule has 0 radical (unpaired) electrons. The molecule has 0 aliphatic heterocycles. The molecule has 0 aliphatic carbocycles. The lowest BCUT2D eigenvalue weighted by molar-refractivity contribution is 0.282. The fraction of sp³-hybridized carbons (Fsp3) is 0.133. The van der Waals surface area contributed by atoms with Gasteiger partial charge in [-0.2, -0.15) is 4.68 Å². The number of hydrogen-bond donors (Lipinski definition) is 1. The van der Waals surface area contributed by atoms with Crippen LogP contribution in [0.1, 0.15) is 11.1 Å². The third kappa shape index (κ3) is 3.47. The van der Waals surface area contributed by atoms with Crippen LogP contribution in [-0.4, -0.2) is 25.3 Å². The molecule has 0 fully saturated rings. The molecule has 3 rings (SSSR count). The van der Waals surface area contributed by atoms with E-state index >= 15 is 0 Å². The zero-order valence-electron chi connectivity index (χ0n) is 11.6. The molecular weight excluding hydrogens is 320 g/mol. The maximum atomic E-state index is 9.05. The predicted octanol–water partition coefficient (Wildman–Crippen LogP) is 3.10. The Bertz CT molecular complexity index is 743. The average molecular weight is 333 g/mol. The van der Waals surface area contributed by atoms with Gasteiger partial charge in [-0.3, -0.25) is 0 Å². The Morgan fingerprint density at radius 2 is 1.68 bits per heavy atom. The smallest absolute Gasteiger partial charge is 0.214 e. The molecule has 0 atom stereocenters. The quantitative estimate of drug-likeness (QED) is 0.727. The van der Waals surface area contributed by atoms with Crippen LogP contribution in [0.5, 0.6) is 0 Å². The summed E-state index contributed by atoms with van der Waals surface area (Å²) in [5.41, 5.74) is 2.92. The molecule has 5 nitrogen and oxygen atoms in total. The van der Waals surface area contributed by atoms with Crippen molar-refractivity contribution in [3.05, 3.63) is 64.7 Å². The van der Waals surface area contributed by atoms with Gasteiger partial charge in [-0.15, -0.1) is 5.10 Å². The molecule has 1 aromatic heterocycles. The van der Waals surface area contributed by atoms with Gasteiger partial charge in [0.1, 0.15) is 0 Å². The number of rotatable bonds is 5. The van der Waals surface area contributed by atoms with Gasteiger partial charge in [0.05, 0.1) is 12.3 Å². The van der Waals surface area contributed by atoms with Crippen molar-refractivity contribution in [2.24, 2.45) is 0 Å². The van der Waals surface area contributed by atoms with Crippen LogP contribution in [0.2, 0.25) is 5.02 Å². The van der Waals surface area contributed by atoms with Crippen LogP contribution in [0.3, 0.4) is 0 Å². The van der Waals surface area contributed by atoms with E-state index in [-0.39, 0.29) is 6.61 Å². The molecule has 3 aromatic rings. The van der Waals surface area contributed by atoms with E-state index < -0.39 is 0 Å². The fourth-order valence-corrected chi connectivity index (χ4v) is 2.87. The highest BCUT2D eigenvalue weighted by Gasteiger charge is 2.09. The van der Waals surface area contributed by atoms with E-state index in [1.165, 1.54) is 0 Å². The molecule has 0 bridgehead atoms. The second kappa shape index (κ2) is 6.91. The maximum Gasteiger partial charge on any atom is 0.214 e. The Morgan fingerprint density at radius 3 is 2.36 bits per heavy atom. The van der Waals surface area contributed by atoms with E-state index in [2.05, 4.69) is 15.5 Å². The minimum atomic E-state index is 0.0578. The number of tetrazole rings is 1. The molecule has 1 N–H and O–H groups in total. The molecule has 0 saturated carbocycles. The highest BCUT2D eigenvalue weighted by molar-refractivity contribution is 7.98. The van der Waals surface area contributed by atoms with Gasteiger partial charge in [0.15, 0.2) is 0 Å². The second-order valence-electron chi connectivity index (χ2n) is 4.61. The number of nitrogens with zero attached hydrogens (tertiary/aromatic N) is 4. The van der Waals surface area contributed by atoms with Crippen LogP contribution in [0.25, 0.3) is 5.69 Å². The van der Waals surface area contributed by atoms with Crippen LogP contribution in [-0.2, 0) is 12.4 Å². The Balaban J connectivity index is 1.73. The lowest BCUT2D eigenvalue weighted by Gasteiger charge is -2.05. The Morgan fingerprint density at radius 1 is 1.00 bits per heavy atom. The van der Waals surface area contributed by atoms with Crippen molar-refractivity contribution in [1.29, 1.82) is 0 Å². The van der Waals surface area contributed by atoms with Crippen LogP contribution in [0, 0.1) is 0 Å². The summed E-state index contributed by atoms with van der Waals surface area (Å²) in [6.07, 6.45) is 0. The van der Waals surface area contributed by atoms with Gasteiger partial charge >= 0.3 is 0 Å². The highest BCUT2D eigenvalue weighted by atomic mass is 35.5. The number of halogens is 1. The Labute approximate surface area is 136 Å². The van der Waals surface area contributed by atoms with E-state index in [4.69, 9.17) is 16.7 Å².